The topological polar surface area (TPSA) is 34.2 Å². The van der Waals surface area contributed by atoms with Crippen molar-refractivity contribution in [1.29, 1.82) is 0 Å². The molecule has 0 aliphatic heterocycles. The fourth-order valence-corrected chi connectivity index (χ4v) is 2.12. The summed E-state index contributed by atoms with van der Waals surface area (Å²) in [7, 11) is 0. The van der Waals surface area contributed by atoms with Gasteiger partial charge >= 0.3 is 0 Å². The number of aryl methyl sites for hydroxylation is 2. The zero-order valence-electron chi connectivity index (χ0n) is 12.7. The first-order valence-corrected chi connectivity index (χ1v) is 7.00. The van der Waals surface area contributed by atoms with Crippen molar-refractivity contribution in [2.75, 3.05) is 6.54 Å². The molecule has 1 heterocycles. The fourth-order valence-electron chi connectivity index (χ4n) is 2.12. The molecule has 2 rings (SSSR count). The predicted octanol–water partition coefficient (Wildman–Crippen LogP) is 3.91. The summed E-state index contributed by atoms with van der Waals surface area (Å²) >= 11 is 0. The lowest BCUT2D eigenvalue weighted by atomic mass is 10.1. The van der Waals surface area contributed by atoms with Crippen molar-refractivity contribution in [3.8, 4) is 11.5 Å². The zero-order valence-corrected chi connectivity index (χ0v) is 12.7. The van der Waals surface area contributed by atoms with Gasteiger partial charge in [0.25, 0.3) is 0 Å². The number of ether oxygens (including phenoxy) is 1. The highest BCUT2D eigenvalue weighted by Crippen LogP contribution is 2.28. The Kier molecular flexibility index (Phi) is 4.74. The molecule has 0 aliphatic rings. The van der Waals surface area contributed by atoms with Crippen LogP contribution in [-0.4, -0.2) is 11.5 Å². The molecule has 0 saturated heterocycles. The highest BCUT2D eigenvalue weighted by Gasteiger charge is 2.06. The van der Waals surface area contributed by atoms with Crippen LogP contribution in [-0.2, 0) is 6.54 Å². The molecule has 1 aromatic carbocycles. The number of hydrogen-bond donors (Lipinski definition) is 1. The Morgan fingerprint density at radius 3 is 2.65 bits per heavy atom. The van der Waals surface area contributed by atoms with E-state index in [2.05, 4.69) is 50.1 Å². The lowest BCUT2D eigenvalue weighted by molar-refractivity contribution is 0.474. The van der Waals surface area contributed by atoms with Gasteiger partial charge in [-0.2, -0.15) is 0 Å². The van der Waals surface area contributed by atoms with Crippen molar-refractivity contribution in [1.82, 2.24) is 10.3 Å². The zero-order chi connectivity index (χ0) is 14.5. The summed E-state index contributed by atoms with van der Waals surface area (Å²) in [6.07, 6.45) is 3.62. The van der Waals surface area contributed by atoms with Crippen molar-refractivity contribution in [3.63, 3.8) is 0 Å². The van der Waals surface area contributed by atoms with Crippen LogP contribution in [0.3, 0.4) is 0 Å². The quantitative estimate of drug-likeness (QED) is 0.894. The minimum Gasteiger partial charge on any atom is -0.455 e. The van der Waals surface area contributed by atoms with Gasteiger partial charge in [-0.25, -0.2) is 0 Å². The largest absolute Gasteiger partial charge is 0.455 e. The number of hydrogen-bond acceptors (Lipinski definition) is 3. The van der Waals surface area contributed by atoms with Gasteiger partial charge in [0.05, 0.1) is 6.20 Å². The van der Waals surface area contributed by atoms with Crippen molar-refractivity contribution in [3.05, 3.63) is 52.8 Å². The van der Waals surface area contributed by atoms with Crippen molar-refractivity contribution in [2.24, 2.45) is 0 Å². The number of rotatable bonds is 5. The van der Waals surface area contributed by atoms with Crippen LogP contribution in [0.5, 0.6) is 11.5 Å². The van der Waals surface area contributed by atoms with Gasteiger partial charge in [0.1, 0.15) is 11.5 Å². The van der Waals surface area contributed by atoms with Gasteiger partial charge in [0, 0.05) is 12.7 Å². The Morgan fingerprint density at radius 1 is 1.10 bits per heavy atom. The molecule has 0 radical (unpaired) electrons. The van der Waals surface area contributed by atoms with Crippen molar-refractivity contribution >= 4 is 0 Å². The Labute approximate surface area is 121 Å². The number of nitrogens with zero attached hydrogens (tertiary/aromatic N) is 1. The third kappa shape index (κ3) is 3.58. The SMILES string of the molecule is CCNCc1cncc(Oc2cc(C)cc(C)c2C)c1. The second-order valence-electron chi connectivity index (χ2n) is 5.12. The van der Waals surface area contributed by atoms with E-state index >= 15 is 0 Å². The highest BCUT2D eigenvalue weighted by molar-refractivity contribution is 5.44. The molecule has 2 aromatic rings. The Balaban J connectivity index is 2.21. The minimum absolute atomic E-state index is 0.786. The van der Waals surface area contributed by atoms with E-state index < -0.39 is 0 Å². The Hall–Kier alpha value is -1.87. The maximum atomic E-state index is 6.00. The molecule has 106 valence electrons. The third-order valence-electron chi connectivity index (χ3n) is 3.34. The maximum Gasteiger partial charge on any atom is 0.146 e. The van der Waals surface area contributed by atoms with E-state index in [4.69, 9.17) is 4.74 Å². The first kappa shape index (κ1) is 14.5. The molecule has 0 amide bonds. The first-order chi connectivity index (χ1) is 9.60. The van der Waals surface area contributed by atoms with Crippen molar-refractivity contribution < 1.29 is 4.74 Å². The molecular weight excluding hydrogens is 248 g/mol. The minimum atomic E-state index is 0.786. The van der Waals surface area contributed by atoms with Gasteiger partial charge in [-0.1, -0.05) is 13.0 Å². The summed E-state index contributed by atoms with van der Waals surface area (Å²) in [6.45, 7) is 10.1. The van der Waals surface area contributed by atoms with Gasteiger partial charge < -0.3 is 10.1 Å². The second-order valence-corrected chi connectivity index (χ2v) is 5.12. The summed E-state index contributed by atoms with van der Waals surface area (Å²) in [4.78, 5) is 4.24. The maximum absolute atomic E-state index is 6.00. The lowest BCUT2D eigenvalue weighted by Crippen LogP contribution is -2.11. The number of benzene rings is 1. The van der Waals surface area contributed by atoms with Gasteiger partial charge in [-0.3, -0.25) is 4.98 Å². The average molecular weight is 270 g/mol. The summed E-state index contributed by atoms with van der Waals surface area (Å²) in [6, 6.07) is 6.27. The molecule has 0 atom stereocenters. The van der Waals surface area contributed by atoms with E-state index in [0.717, 1.165) is 30.2 Å². The van der Waals surface area contributed by atoms with E-state index in [1.165, 1.54) is 16.7 Å². The van der Waals surface area contributed by atoms with Crippen LogP contribution in [0.25, 0.3) is 0 Å². The summed E-state index contributed by atoms with van der Waals surface area (Å²) in [5.41, 5.74) is 4.76. The van der Waals surface area contributed by atoms with Gasteiger partial charge in [-0.15, -0.1) is 0 Å². The molecule has 0 spiro atoms. The van der Waals surface area contributed by atoms with Crippen molar-refractivity contribution in [2.45, 2.75) is 34.2 Å². The molecule has 1 N–H and O–H groups in total. The molecule has 1 aromatic heterocycles. The fraction of sp³-hybridized carbons (Fsp3) is 0.353. The van der Waals surface area contributed by atoms with Crippen LogP contribution in [0.15, 0.2) is 30.6 Å². The van der Waals surface area contributed by atoms with E-state index in [9.17, 15) is 0 Å². The van der Waals surface area contributed by atoms with E-state index in [0.29, 0.717) is 0 Å². The van der Waals surface area contributed by atoms with E-state index in [1.807, 2.05) is 12.3 Å². The standard InChI is InChI=1S/C17H22N2O/c1-5-18-9-15-8-16(11-19-10-15)20-17-7-12(2)6-13(3)14(17)4/h6-8,10-11,18H,5,9H2,1-4H3. The van der Waals surface area contributed by atoms with Crippen LogP contribution >= 0.6 is 0 Å². The average Bonchev–Trinajstić information content (AvgIpc) is 2.42. The van der Waals surface area contributed by atoms with Gasteiger partial charge in [-0.05, 0) is 61.7 Å². The number of nitrogens with one attached hydrogen (secondary N) is 1. The molecule has 0 aliphatic carbocycles. The molecule has 0 bridgehead atoms. The van der Waals surface area contributed by atoms with Crippen LogP contribution in [0, 0.1) is 20.8 Å². The molecule has 0 fully saturated rings. The van der Waals surface area contributed by atoms with E-state index in [1.54, 1.807) is 6.20 Å². The summed E-state index contributed by atoms with van der Waals surface area (Å²) in [5, 5.41) is 3.29. The normalized spacial score (nSPS) is 10.6. The van der Waals surface area contributed by atoms with E-state index in [-0.39, 0.29) is 0 Å². The Morgan fingerprint density at radius 2 is 1.90 bits per heavy atom. The van der Waals surface area contributed by atoms with Crippen LogP contribution in [0.4, 0.5) is 0 Å². The molecule has 3 heteroatoms. The second kappa shape index (κ2) is 6.53. The molecule has 3 nitrogen and oxygen atoms in total. The van der Waals surface area contributed by atoms with Crippen LogP contribution in [0.1, 0.15) is 29.2 Å². The summed E-state index contributed by atoms with van der Waals surface area (Å²) in [5.74, 6) is 1.69. The van der Waals surface area contributed by atoms with Gasteiger partial charge in [0.2, 0.25) is 0 Å². The molecule has 0 unspecified atom stereocenters. The lowest BCUT2D eigenvalue weighted by Gasteiger charge is -2.12. The molecular formula is C17H22N2O. The highest BCUT2D eigenvalue weighted by atomic mass is 16.5. The molecule has 0 saturated carbocycles. The smallest absolute Gasteiger partial charge is 0.146 e. The monoisotopic (exact) mass is 270 g/mol. The molecule has 20 heavy (non-hydrogen) atoms. The van der Waals surface area contributed by atoms with Crippen LogP contribution < -0.4 is 10.1 Å². The number of pyridine rings is 1. The Bertz CT molecular complexity index is 594. The predicted molar refractivity (Wildman–Crippen MR) is 82.3 cm³/mol. The van der Waals surface area contributed by atoms with Gasteiger partial charge in [0.15, 0.2) is 0 Å². The summed E-state index contributed by atoms with van der Waals surface area (Å²) < 4.78 is 6.00. The third-order valence-corrected chi connectivity index (χ3v) is 3.34. The van der Waals surface area contributed by atoms with Crippen LogP contribution in [0.2, 0.25) is 0 Å². The first-order valence-electron chi connectivity index (χ1n) is 7.00. The number of aromatic nitrogens is 1.